The Morgan fingerprint density at radius 1 is 1.50 bits per heavy atom. The van der Waals surface area contributed by atoms with Gasteiger partial charge in [0.25, 0.3) is 0 Å². The van der Waals surface area contributed by atoms with Crippen LogP contribution in [0, 0.1) is 11.8 Å². The lowest BCUT2D eigenvalue weighted by atomic mass is 9.81. The molecule has 0 aromatic rings. The molecule has 1 aliphatic heterocycles. The number of rotatable bonds is 4. The first-order valence-corrected chi connectivity index (χ1v) is 6.60. The van der Waals surface area contributed by atoms with E-state index in [1.807, 2.05) is 0 Å². The van der Waals surface area contributed by atoms with Gasteiger partial charge in [0.2, 0.25) is 5.91 Å². The predicted molar refractivity (Wildman–Crippen MR) is 66.0 cm³/mol. The third kappa shape index (κ3) is 2.87. The number of carbonyl (C=O) groups excluding carboxylic acids is 1. The highest BCUT2D eigenvalue weighted by Gasteiger charge is 2.27. The van der Waals surface area contributed by atoms with Crippen molar-refractivity contribution in [2.45, 2.75) is 58.4 Å². The second-order valence-corrected chi connectivity index (χ2v) is 5.64. The molecule has 16 heavy (non-hydrogen) atoms. The van der Waals surface area contributed by atoms with Crippen LogP contribution in [0.5, 0.6) is 0 Å². The molecule has 1 heterocycles. The maximum absolute atomic E-state index is 11.2. The summed E-state index contributed by atoms with van der Waals surface area (Å²) in [4.78, 5) is 11.2. The summed E-state index contributed by atoms with van der Waals surface area (Å²) in [5.41, 5.74) is 1.51. The second kappa shape index (κ2) is 5.03. The Morgan fingerprint density at radius 3 is 2.75 bits per heavy atom. The van der Waals surface area contributed by atoms with Crippen LogP contribution in [-0.2, 0) is 4.79 Å². The Morgan fingerprint density at radius 2 is 2.25 bits per heavy atom. The number of allylic oxidation sites excluding steroid dienone is 1. The average molecular weight is 221 g/mol. The molecule has 0 bridgehead atoms. The maximum atomic E-state index is 11.2. The van der Waals surface area contributed by atoms with Crippen molar-refractivity contribution in [3.63, 3.8) is 0 Å². The maximum Gasteiger partial charge on any atom is 0.220 e. The molecule has 0 unspecified atom stereocenters. The van der Waals surface area contributed by atoms with Crippen LogP contribution in [-0.4, -0.2) is 11.9 Å². The fourth-order valence-corrected chi connectivity index (χ4v) is 2.70. The van der Waals surface area contributed by atoms with Crippen molar-refractivity contribution in [2.75, 3.05) is 0 Å². The van der Waals surface area contributed by atoms with Crippen molar-refractivity contribution in [3.05, 3.63) is 11.6 Å². The van der Waals surface area contributed by atoms with E-state index in [0.29, 0.717) is 18.4 Å². The van der Waals surface area contributed by atoms with Gasteiger partial charge in [0, 0.05) is 12.5 Å². The van der Waals surface area contributed by atoms with Crippen molar-refractivity contribution in [3.8, 4) is 0 Å². The largest absolute Gasteiger partial charge is 0.353 e. The number of carbonyl (C=O) groups is 1. The molecule has 1 N–H and O–H groups in total. The van der Waals surface area contributed by atoms with E-state index in [1.54, 1.807) is 0 Å². The summed E-state index contributed by atoms with van der Waals surface area (Å²) in [5, 5.41) is 3.06. The zero-order valence-electron chi connectivity index (χ0n) is 10.5. The zero-order chi connectivity index (χ0) is 11.5. The molecule has 2 atom stereocenters. The molecule has 90 valence electrons. The van der Waals surface area contributed by atoms with Gasteiger partial charge >= 0.3 is 0 Å². The number of amides is 1. The molecule has 2 aliphatic rings. The van der Waals surface area contributed by atoms with Gasteiger partial charge in [0.1, 0.15) is 0 Å². The van der Waals surface area contributed by atoms with Crippen molar-refractivity contribution in [2.24, 2.45) is 11.8 Å². The lowest BCUT2D eigenvalue weighted by Crippen LogP contribution is -2.27. The summed E-state index contributed by atoms with van der Waals surface area (Å²) >= 11 is 0. The predicted octanol–water partition coefficient (Wildman–Crippen LogP) is 3.04. The lowest BCUT2D eigenvalue weighted by Gasteiger charge is -2.25. The third-order valence-electron chi connectivity index (χ3n) is 4.10. The van der Waals surface area contributed by atoms with Crippen LogP contribution in [0.15, 0.2) is 11.6 Å². The van der Waals surface area contributed by atoms with Crippen LogP contribution in [0.1, 0.15) is 52.4 Å². The van der Waals surface area contributed by atoms with Gasteiger partial charge in [-0.25, -0.2) is 0 Å². The molecule has 0 aromatic carbocycles. The van der Waals surface area contributed by atoms with Crippen LogP contribution in [0.2, 0.25) is 0 Å². The SMILES string of the molecule is C/C(=C\C[C@H]1NC(=O)C[C@@H]1C)CC1CCC1. The fraction of sp³-hybridized carbons (Fsp3) is 0.786. The van der Waals surface area contributed by atoms with Gasteiger partial charge in [0.05, 0.1) is 0 Å². The molecule has 0 aromatic heterocycles. The first-order chi connectivity index (χ1) is 7.65. The van der Waals surface area contributed by atoms with Gasteiger partial charge in [-0.2, -0.15) is 0 Å². The van der Waals surface area contributed by atoms with E-state index in [9.17, 15) is 4.79 Å². The van der Waals surface area contributed by atoms with E-state index in [1.165, 1.54) is 31.3 Å². The monoisotopic (exact) mass is 221 g/mol. The molecule has 2 rings (SSSR count). The van der Waals surface area contributed by atoms with Crippen molar-refractivity contribution in [1.82, 2.24) is 5.32 Å². The summed E-state index contributed by atoms with van der Waals surface area (Å²) in [6.45, 7) is 4.40. The Bertz CT molecular complexity index is 291. The summed E-state index contributed by atoms with van der Waals surface area (Å²) in [6, 6.07) is 0.379. The molecule has 1 aliphatic carbocycles. The number of nitrogens with one attached hydrogen (secondary N) is 1. The molecule has 1 amide bonds. The van der Waals surface area contributed by atoms with Crippen molar-refractivity contribution >= 4 is 5.91 Å². The Kier molecular flexibility index (Phi) is 3.67. The number of hydrogen-bond acceptors (Lipinski definition) is 1. The summed E-state index contributed by atoms with van der Waals surface area (Å²) < 4.78 is 0. The van der Waals surface area contributed by atoms with E-state index >= 15 is 0 Å². The highest BCUT2D eigenvalue weighted by Crippen LogP contribution is 2.32. The van der Waals surface area contributed by atoms with Gasteiger partial charge in [-0.15, -0.1) is 0 Å². The summed E-state index contributed by atoms with van der Waals surface area (Å²) in [6.07, 6.45) is 9.60. The molecular formula is C14H23NO. The minimum absolute atomic E-state index is 0.225. The van der Waals surface area contributed by atoms with E-state index in [0.717, 1.165) is 12.3 Å². The average Bonchev–Trinajstić information content (AvgIpc) is 2.48. The minimum Gasteiger partial charge on any atom is -0.353 e. The first kappa shape index (κ1) is 11.7. The standard InChI is InChI=1S/C14H23NO/c1-10(8-12-4-3-5-12)6-7-13-11(2)9-14(16)15-13/h6,11-13H,3-5,7-9H2,1-2H3,(H,15,16)/b10-6+/t11-,13+/m0/s1. The molecule has 0 spiro atoms. The molecule has 1 saturated carbocycles. The van der Waals surface area contributed by atoms with E-state index in [2.05, 4.69) is 25.2 Å². The number of hydrogen-bond donors (Lipinski definition) is 1. The topological polar surface area (TPSA) is 29.1 Å². The Balaban J connectivity index is 1.76. The van der Waals surface area contributed by atoms with Gasteiger partial charge in [0.15, 0.2) is 0 Å². The minimum atomic E-state index is 0.225. The van der Waals surface area contributed by atoms with Gasteiger partial charge < -0.3 is 5.32 Å². The second-order valence-electron chi connectivity index (χ2n) is 5.64. The van der Waals surface area contributed by atoms with Crippen LogP contribution in [0.3, 0.4) is 0 Å². The molecular weight excluding hydrogens is 198 g/mol. The molecule has 2 fully saturated rings. The van der Waals surface area contributed by atoms with Gasteiger partial charge in [-0.3, -0.25) is 4.79 Å². The lowest BCUT2D eigenvalue weighted by molar-refractivity contribution is -0.119. The summed E-state index contributed by atoms with van der Waals surface area (Å²) in [5.74, 6) is 1.68. The third-order valence-corrected chi connectivity index (χ3v) is 4.10. The Labute approximate surface area is 98.5 Å². The quantitative estimate of drug-likeness (QED) is 0.726. The van der Waals surface area contributed by atoms with Crippen molar-refractivity contribution in [1.29, 1.82) is 0 Å². The van der Waals surface area contributed by atoms with E-state index in [4.69, 9.17) is 0 Å². The van der Waals surface area contributed by atoms with Crippen LogP contribution < -0.4 is 5.32 Å². The van der Waals surface area contributed by atoms with E-state index < -0.39 is 0 Å². The van der Waals surface area contributed by atoms with Crippen LogP contribution in [0.4, 0.5) is 0 Å². The van der Waals surface area contributed by atoms with Crippen molar-refractivity contribution < 1.29 is 4.79 Å². The normalized spacial score (nSPS) is 31.4. The first-order valence-electron chi connectivity index (χ1n) is 6.60. The van der Waals surface area contributed by atoms with Gasteiger partial charge in [-0.1, -0.05) is 37.8 Å². The van der Waals surface area contributed by atoms with E-state index in [-0.39, 0.29) is 5.91 Å². The molecule has 2 heteroatoms. The summed E-state index contributed by atoms with van der Waals surface area (Å²) in [7, 11) is 0. The fourth-order valence-electron chi connectivity index (χ4n) is 2.70. The zero-order valence-corrected chi connectivity index (χ0v) is 10.5. The van der Waals surface area contributed by atoms with Gasteiger partial charge in [-0.05, 0) is 31.6 Å². The molecule has 1 saturated heterocycles. The Hall–Kier alpha value is -0.790. The van der Waals surface area contributed by atoms with Crippen LogP contribution in [0.25, 0.3) is 0 Å². The smallest absolute Gasteiger partial charge is 0.220 e. The highest BCUT2D eigenvalue weighted by atomic mass is 16.1. The molecule has 0 radical (unpaired) electrons. The highest BCUT2D eigenvalue weighted by molar-refractivity contribution is 5.78. The molecule has 2 nitrogen and oxygen atoms in total. The van der Waals surface area contributed by atoms with Crippen LogP contribution >= 0.6 is 0 Å².